The van der Waals surface area contributed by atoms with Crippen LogP contribution in [0.25, 0.3) is 0 Å². The summed E-state index contributed by atoms with van der Waals surface area (Å²) in [6.45, 7) is 0. The van der Waals surface area contributed by atoms with E-state index in [-0.39, 0.29) is 12.8 Å². The highest BCUT2D eigenvalue weighted by atomic mass is 16.4. The van der Waals surface area contributed by atoms with Crippen molar-refractivity contribution in [3.63, 3.8) is 0 Å². The number of nitrogens with two attached hydrogens (primary N) is 2. The standard InChI is InChI=1S/C20H28N2O6/c21-19(27)15-11-12-16(20(22)28)14(8-4-2-6-10-18(25)26)13(15)7-3-1-5-9-17(23)24/h11-12H,1-10H2,(H2,21,27)(H2,22,28)(H,23,24)(H,25,26). The lowest BCUT2D eigenvalue weighted by Crippen LogP contribution is -2.20. The van der Waals surface area contributed by atoms with E-state index in [2.05, 4.69) is 0 Å². The molecule has 154 valence electrons. The maximum absolute atomic E-state index is 11.8. The molecule has 0 bridgehead atoms. The van der Waals surface area contributed by atoms with Crippen LogP contribution < -0.4 is 11.5 Å². The van der Waals surface area contributed by atoms with E-state index in [4.69, 9.17) is 21.7 Å². The lowest BCUT2D eigenvalue weighted by atomic mass is 9.88. The van der Waals surface area contributed by atoms with Gasteiger partial charge in [0.05, 0.1) is 0 Å². The molecule has 0 saturated carbocycles. The smallest absolute Gasteiger partial charge is 0.303 e. The fourth-order valence-corrected chi connectivity index (χ4v) is 3.24. The monoisotopic (exact) mass is 392 g/mol. The highest BCUT2D eigenvalue weighted by Crippen LogP contribution is 2.24. The predicted molar refractivity (Wildman–Crippen MR) is 103 cm³/mol. The van der Waals surface area contributed by atoms with Crippen LogP contribution >= 0.6 is 0 Å². The number of amides is 2. The first-order chi connectivity index (χ1) is 13.2. The summed E-state index contributed by atoms with van der Waals surface area (Å²) >= 11 is 0. The molecule has 6 N–H and O–H groups in total. The Hall–Kier alpha value is -2.90. The van der Waals surface area contributed by atoms with Crippen LogP contribution in [-0.4, -0.2) is 34.0 Å². The van der Waals surface area contributed by atoms with Crippen LogP contribution in [0.1, 0.15) is 83.2 Å². The second kappa shape index (κ2) is 11.7. The summed E-state index contributed by atoms with van der Waals surface area (Å²) in [6.07, 6.45) is 4.85. The van der Waals surface area contributed by atoms with Crippen LogP contribution in [0.15, 0.2) is 12.1 Å². The molecular weight excluding hydrogens is 364 g/mol. The SMILES string of the molecule is NC(=O)c1ccc(C(N)=O)c(CCCCCC(=O)O)c1CCCCCC(=O)O. The molecule has 0 aliphatic rings. The number of carboxylic acids is 2. The molecule has 0 aromatic heterocycles. The van der Waals surface area contributed by atoms with Crippen molar-refractivity contribution in [2.24, 2.45) is 11.5 Å². The summed E-state index contributed by atoms with van der Waals surface area (Å²) < 4.78 is 0. The van der Waals surface area contributed by atoms with Crippen molar-refractivity contribution in [1.82, 2.24) is 0 Å². The average Bonchev–Trinajstić information content (AvgIpc) is 2.60. The Kier molecular flexibility index (Phi) is 9.70. The number of hydrogen-bond acceptors (Lipinski definition) is 4. The molecule has 0 heterocycles. The maximum atomic E-state index is 11.8. The molecule has 1 aromatic carbocycles. The van der Waals surface area contributed by atoms with Crippen molar-refractivity contribution in [3.05, 3.63) is 34.4 Å². The minimum Gasteiger partial charge on any atom is -0.481 e. The molecule has 0 fully saturated rings. The number of benzene rings is 1. The number of carboxylic acid groups (broad SMARTS) is 2. The van der Waals surface area contributed by atoms with Gasteiger partial charge in [-0.3, -0.25) is 19.2 Å². The normalized spacial score (nSPS) is 10.6. The summed E-state index contributed by atoms with van der Waals surface area (Å²) in [5.74, 6) is -2.89. The maximum Gasteiger partial charge on any atom is 0.303 e. The zero-order valence-electron chi connectivity index (χ0n) is 15.9. The fourth-order valence-electron chi connectivity index (χ4n) is 3.24. The first-order valence-electron chi connectivity index (χ1n) is 9.42. The highest BCUT2D eigenvalue weighted by Gasteiger charge is 2.18. The van der Waals surface area contributed by atoms with Crippen LogP contribution in [-0.2, 0) is 22.4 Å². The van der Waals surface area contributed by atoms with Crippen molar-refractivity contribution < 1.29 is 29.4 Å². The zero-order valence-corrected chi connectivity index (χ0v) is 15.9. The van der Waals surface area contributed by atoms with Crippen molar-refractivity contribution in [2.75, 3.05) is 0 Å². The average molecular weight is 392 g/mol. The summed E-state index contributed by atoms with van der Waals surface area (Å²) in [5, 5.41) is 17.4. The van der Waals surface area contributed by atoms with Gasteiger partial charge >= 0.3 is 11.9 Å². The molecule has 0 aliphatic heterocycles. The van der Waals surface area contributed by atoms with Gasteiger partial charge in [0.25, 0.3) is 0 Å². The van der Waals surface area contributed by atoms with E-state index < -0.39 is 23.8 Å². The Balaban J connectivity index is 2.97. The van der Waals surface area contributed by atoms with Gasteiger partial charge < -0.3 is 21.7 Å². The van der Waals surface area contributed by atoms with E-state index >= 15 is 0 Å². The van der Waals surface area contributed by atoms with Crippen molar-refractivity contribution in [1.29, 1.82) is 0 Å². The molecule has 1 rings (SSSR count). The van der Waals surface area contributed by atoms with Gasteiger partial charge in [-0.25, -0.2) is 0 Å². The van der Waals surface area contributed by atoms with Gasteiger partial charge in [-0.05, 0) is 61.8 Å². The molecule has 28 heavy (non-hydrogen) atoms. The van der Waals surface area contributed by atoms with Crippen LogP contribution in [0.4, 0.5) is 0 Å². The Labute approximate surface area is 163 Å². The summed E-state index contributed by atoms with van der Waals surface area (Å²) in [5.41, 5.74) is 13.0. The Morgan fingerprint density at radius 1 is 0.643 bits per heavy atom. The van der Waals surface area contributed by atoms with E-state index in [1.165, 1.54) is 12.1 Å². The molecule has 0 atom stereocenters. The number of carbonyl (C=O) groups excluding carboxylic acids is 2. The lowest BCUT2D eigenvalue weighted by molar-refractivity contribution is -0.138. The number of aliphatic carboxylic acids is 2. The van der Waals surface area contributed by atoms with Crippen LogP contribution in [0.5, 0.6) is 0 Å². The molecule has 8 nitrogen and oxygen atoms in total. The third-order valence-corrected chi connectivity index (χ3v) is 4.60. The van der Waals surface area contributed by atoms with Crippen LogP contribution in [0.3, 0.4) is 0 Å². The van der Waals surface area contributed by atoms with E-state index in [9.17, 15) is 19.2 Å². The molecule has 0 unspecified atom stereocenters. The highest BCUT2D eigenvalue weighted by molar-refractivity contribution is 5.99. The minimum atomic E-state index is -0.851. The number of rotatable bonds is 14. The van der Waals surface area contributed by atoms with Crippen LogP contribution in [0.2, 0.25) is 0 Å². The third-order valence-electron chi connectivity index (χ3n) is 4.60. The first kappa shape index (κ1) is 23.1. The first-order valence-corrected chi connectivity index (χ1v) is 9.42. The number of hydrogen-bond donors (Lipinski definition) is 4. The van der Waals surface area contributed by atoms with E-state index in [0.717, 1.165) is 0 Å². The van der Waals surface area contributed by atoms with Gasteiger partial charge in [0.15, 0.2) is 0 Å². The lowest BCUT2D eigenvalue weighted by Gasteiger charge is -2.16. The molecule has 0 saturated heterocycles. The van der Waals surface area contributed by atoms with E-state index in [0.29, 0.717) is 73.6 Å². The summed E-state index contributed by atoms with van der Waals surface area (Å²) in [6, 6.07) is 3.01. The fraction of sp³-hybridized carbons (Fsp3) is 0.500. The van der Waals surface area contributed by atoms with Gasteiger partial charge in [-0.2, -0.15) is 0 Å². The second-order valence-corrected chi connectivity index (χ2v) is 6.76. The predicted octanol–water partition coefficient (Wildman–Crippen LogP) is 2.26. The molecule has 0 spiro atoms. The molecular formula is C20H28N2O6. The van der Waals surface area contributed by atoms with Gasteiger partial charge in [-0.1, -0.05) is 12.8 Å². The number of primary amides is 2. The van der Waals surface area contributed by atoms with Crippen molar-refractivity contribution in [2.45, 2.75) is 64.2 Å². The number of unbranched alkanes of at least 4 members (excludes halogenated alkanes) is 4. The summed E-state index contributed by atoms with van der Waals surface area (Å²) in [4.78, 5) is 44.9. The topological polar surface area (TPSA) is 161 Å². The Morgan fingerprint density at radius 3 is 1.29 bits per heavy atom. The van der Waals surface area contributed by atoms with Gasteiger partial charge in [0.1, 0.15) is 0 Å². The van der Waals surface area contributed by atoms with Gasteiger partial charge in [-0.15, -0.1) is 0 Å². The van der Waals surface area contributed by atoms with Crippen molar-refractivity contribution >= 4 is 23.8 Å². The Morgan fingerprint density at radius 2 is 1.00 bits per heavy atom. The largest absolute Gasteiger partial charge is 0.481 e. The van der Waals surface area contributed by atoms with E-state index in [1.54, 1.807) is 0 Å². The summed E-state index contributed by atoms with van der Waals surface area (Å²) in [7, 11) is 0. The van der Waals surface area contributed by atoms with E-state index in [1.807, 2.05) is 0 Å². The number of carbonyl (C=O) groups is 4. The van der Waals surface area contributed by atoms with Gasteiger partial charge in [0, 0.05) is 24.0 Å². The van der Waals surface area contributed by atoms with Crippen LogP contribution in [0, 0.1) is 0 Å². The quantitative estimate of drug-likeness (QED) is 0.355. The second-order valence-electron chi connectivity index (χ2n) is 6.76. The van der Waals surface area contributed by atoms with Gasteiger partial charge in [0.2, 0.25) is 11.8 Å². The Bertz CT molecular complexity index is 669. The molecule has 8 heteroatoms. The molecule has 1 aromatic rings. The molecule has 2 amide bonds. The molecule has 0 aliphatic carbocycles. The third kappa shape index (κ3) is 7.77. The zero-order chi connectivity index (χ0) is 21.1. The minimum absolute atomic E-state index is 0.0838. The van der Waals surface area contributed by atoms with Crippen molar-refractivity contribution in [3.8, 4) is 0 Å². The molecule has 0 radical (unpaired) electrons.